The van der Waals surface area contributed by atoms with Gasteiger partial charge in [0.1, 0.15) is 0 Å². The molecule has 1 aromatic rings. The number of aryl methyl sites for hydroxylation is 1. The Kier molecular flexibility index (Phi) is 4.18. The fourth-order valence-electron chi connectivity index (χ4n) is 2.33. The molecule has 4 N–H and O–H groups in total. The second kappa shape index (κ2) is 5.71. The zero-order valence-electron chi connectivity index (χ0n) is 12.3. The quantitative estimate of drug-likeness (QED) is 0.695. The van der Waals surface area contributed by atoms with E-state index < -0.39 is 5.97 Å². The zero-order valence-corrected chi connectivity index (χ0v) is 12.3. The van der Waals surface area contributed by atoms with E-state index in [1.807, 2.05) is 13.0 Å². The van der Waals surface area contributed by atoms with Gasteiger partial charge in [-0.05, 0) is 51.4 Å². The molecule has 1 fully saturated rings. The zero-order chi connectivity index (χ0) is 14.9. The standard InChI is InChI=1S/C15H23N3O2/c1-9-6-11(7-13(14(9)16)15(19)20)17-8-10(2)18(3)12-4-5-12/h6-7,10,12,17H,4-5,8,16H2,1-3H3,(H,19,20). The maximum atomic E-state index is 11.2. The lowest BCUT2D eigenvalue weighted by atomic mass is 10.1. The van der Waals surface area contributed by atoms with E-state index in [-0.39, 0.29) is 5.56 Å². The third kappa shape index (κ3) is 3.22. The van der Waals surface area contributed by atoms with Gasteiger partial charge in [-0.3, -0.25) is 4.90 Å². The maximum absolute atomic E-state index is 11.2. The number of benzene rings is 1. The molecule has 2 rings (SSSR count). The van der Waals surface area contributed by atoms with Crippen LogP contribution in [0.25, 0.3) is 0 Å². The summed E-state index contributed by atoms with van der Waals surface area (Å²) in [5, 5.41) is 12.5. The minimum atomic E-state index is -0.989. The van der Waals surface area contributed by atoms with Crippen LogP contribution in [0.2, 0.25) is 0 Å². The van der Waals surface area contributed by atoms with E-state index in [4.69, 9.17) is 10.8 Å². The molecule has 0 radical (unpaired) electrons. The summed E-state index contributed by atoms with van der Waals surface area (Å²) < 4.78 is 0. The van der Waals surface area contributed by atoms with Gasteiger partial charge in [-0.15, -0.1) is 0 Å². The van der Waals surface area contributed by atoms with Crippen LogP contribution < -0.4 is 11.1 Å². The number of hydrogen-bond donors (Lipinski definition) is 3. The van der Waals surface area contributed by atoms with Gasteiger partial charge in [-0.1, -0.05) is 0 Å². The molecular weight excluding hydrogens is 254 g/mol. The summed E-state index contributed by atoms with van der Waals surface area (Å²) >= 11 is 0. The van der Waals surface area contributed by atoms with Crippen molar-refractivity contribution in [2.75, 3.05) is 24.6 Å². The van der Waals surface area contributed by atoms with Gasteiger partial charge >= 0.3 is 5.97 Å². The molecule has 1 aromatic carbocycles. The molecule has 0 spiro atoms. The lowest BCUT2D eigenvalue weighted by Crippen LogP contribution is -2.36. The highest BCUT2D eigenvalue weighted by molar-refractivity contribution is 5.95. The topological polar surface area (TPSA) is 78.6 Å². The number of nitrogens with one attached hydrogen (secondary N) is 1. The fourth-order valence-corrected chi connectivity index (χ4v) is 2.33. The molecule has 0 saturated heterocycles. The van der Waals surface area contributed by atoms with Crippen molar-refractivity contribution in [1.82, 2.24) is 4.90 Å². The minimum absolute atomic E-state index is 0.163. The van der Waals surface area contributed by atoms with Gasteiger partial charge in [0.15, 0.2) is 0 Å². The third-order valence-electron chi connectivity index (χ3n) is 4.04. The van der Waals surface area contributed by atoms with Crippen LogP contribution in [-0.4, -0.2) is 41.7 Å². The summed E-state index contributed by atoms with van der Waals surface area (Å²) in [5.74, 6) is -0.989. The SMILES string of the molecule is Cc1cc(NCC(C)N(C)C2CC2)cc(C(=O)O)c1N. The second-order valence-corrected chi connectivity index (χ2v) is 5.69. The van der Waals surface area contributed by atoms with Gasteiger partial charge < -0.3 is 16.2 Å². The van der Waals surface area contributed by atoms with Crippen LogP contribution in [0.3, 0.4) is 0 Å². The van der Waals surface area contributed by atoms with Gasteiger partial charge in [0.2, 0.25) is 0 Å². The lowest BCUT2D eigenvalue weighted by molar-refractivity contribution is 0.0698. The molecule has 0 aromatic heterocycles. The number of carboxylic acids is 1. The molecule has 20 heavy (non-hydrogen) atoms. The molecule has 5 heteroatoms. The predicted octanol–water partition coefficient (Wildman–Crippen LogP) is 2.17. The molecule has 1 aliphatic rings. The summed E-state index contributed by atoms with van der Waals surface area (Å²) in [5.41, 5.74) is 7.89. The van der Waals surface area contributed by atoms with E-state index in [2.05, 4.69) is 24.2 Å². The third-order valence-corrected chi connectivity index (χ3v) is 4.04. The Morgan fingerprint density at radius 1 is 1.55 bits per heavy atom. The van der Waals surface area contributed by atoms with Gasteiger partial charge in [-0.2, -0.15) is 0 Å². The number of rotatable bonds is 6. The number of carboxylic acid groups (broad SMARTS) is 1. The molecular formula is C15H23N3O2. The molecule has 1 saturated carbocycles. The highest BCUT2D eigenvalue weighted by atomic mass is 16.4. The summed E-state index contributed by atoms with van der Waals surface area (Å²) in [7, 11) is 2.14. The van der Waals surface area contributed by atoms with Crippen LogP contribution in [0.15, 0.2) is 12.1 Å². The van der Waals surface area contributed by atoms with Crippen LogP contribution in [0.5, 0.6) is 0 Å². The van der Waals surface area contributed by atoms with Crippen molar-refractivity contribution in [3.8, 4) is 0 Å². The number of nitrogens with two attached hydrogens (primary N) is 1. The van der Waals surface area contributed by atoms with Crippen LogP contribution in [-0.2, 0) is 0 Å². The summed E-state index contributed by atoms with van der Waals surface area (Å²) in [6.07, 6.45) is 2.57. The second-order valence-electron chi connectivity index (χ2n) is 5.69. The number of aromatic carboxylic acids is 1. The van der Waals surface area contributed by atoms with E-state index in [0.717, 1.165) is 23.8 Å². The highest BCUT2D eigenvalue weighted by Crippen LogP contribution is 2.27. The summed E-state index contributed by atoms with van der Waals surface area (Å²) in [4.78, 5) is 13.5. The molecule has 110 valence electrons. The van der Waals surface area contributed by atoms with E-state index in [9.17, 15) is 4.79 Å². The molecule has 0 aliphatic heterocycles. The maximum Gasteiger partial charge on any atom is 0.337 e. The average molecular weight is 277 g/mol. The molecule has 1 atom stereocenters. The van der Waals surface area contributed by atoms with Crippen molar-refractivity contribution in [2.24, 2.45) is 0 Å². The highest BCUT2D eigenvalue weighted by Gasteiger charge is 2.28. The van der Waals surface area contributed by atoms with E-state index in [0.29, 0.717) is 11.7 Å². The molecule has 1 aliphatic carbocycles. The number of hydrogen-bond acceptors (Lipinski definition) is 4. The Morgan fingerprint density at radius 2 is 2.20 bits per heavy atom. The molecule has 0 amide bonds. The Labute approximate surface area is 119 Å². The van der Waals surface area contributed by atoms with Crippen molar-refractivity contribution in [3.63, 3.8) is 0 Å². The number of nitrogens with zero attached hydrogens (tertiary/aromatic N) is 1. The van der Waals surface area contributed by atoms with E-state index in [1.165, 1.54) is 12.8 Å². The Hall–Kier alpha value is -1.75. The first-order valence-electron chi connectivity index (χ1n) is 6.99. The predicted molar refractivity (Wildman–Crippen MR) is 81.3 cm³/mol. The number of nitrogen functional groups attached to an aromatic ring is 1. The van der Waals surface area contributed by atoms with Crippen molar-refractivity contribution < 1.29 is 9.90 Å². The van der Waals surface area contributed by atoms with Crippen LogP contribution >= 0.6 is 0 Å². The Balaban J connectivity index is 2.03. The monoisotopic (exact) mass is 277 g/mol. The normalized spacial score (nSPS) is 16.2. The van der Waals surface area contributed by atoms with E-state index >= 15 is 0 Å². The van der Waals surface area contributed by atoms with Crippen LogP contribution in [0, 0.1) is 6.92 Å². The number of anilines is 2. The summed E-state index contributed by atoms with van der Waals surface area (Å²) in [6, 6.07) is 4.63. The van der Waals surface area contributed by atoms with Crippen molar-refractivity contribution >= 4 is 17.3 Å². The van der Waals surface area contributed by atoms with Gasteiger partial charge in [0.25, 0.3) is 0 Å². The lowest BCUT2D eigenvalue weighted by Gasteiger charge is -2.25. The minimum Gasteiger partial charge on any atom is -0.478 e. The average Bonchev–Trinajstić information content (AvgIpc) is 3.22. The largest absolute Gasteiger partial charge is 0.478 e. The Morgan fingerprint density at radius 3 is 2.75 bits per heavy atom. The van der Waals surface area contributed by atoms with Crippen LogP contribution in [0.1, 0.15) is 35.7 Å². The van der Waals surface area contributed by atoms with Gasteiger partial charge in [0, 0.05) is 30.0 Å². The van der Waals surface area contributed by atoms with Gasteiger partial charge in [-0.25, -0.2) is 4.79 Å². The van der Waals surface area contributed by atoms with Crippen molar-refractivity contribution in [3.05, 3.63) is 23.3 Å². The smallest absolute Gasteiger partial charge is 0.337 e. The number of likely N-dealkylation sites (N-methyl/N-ethyl adjacent to an activating group) is 1. The fraction of sp³-hybridized carbons (Fsp3) is 0.533. The van der Waals surface area contributed by atoms with Crippen LogP contribution in [0.4, 0.5) is 11.4 Å². The molecule has 0 heterocycles. The molecule has 1 unspecified atom stereocenters. The first-order valence-corrected chi connectivity index (χ1v) is 6.99. The van der Waals surface area contributed by atoms with Crippen molar-refractivity contribution in [1.29, 1.82) is 0 Å². The Bertz CT molecular complexity index is 512. The molecule has 0 bridgehead atoms. The van der Waals surface area contributed by atoms with Gasteiger partial charge in [0.05, 0.1) is 5.56 Å². The molecule has 5 nitrogen and oxygen atoms in total. The van der Waals surface area contributed by atoms with Crippen molar-refractivity contribution in [2.45, 2.75) is 38.8 Å². The van der Waals surface area contributed by atoms with E-state index in [1.54, 1.807) is 6.07 Å². The number of carbonyl (C=O) groups is 1. The summed E-state index contributed by atoms with van der Waals surface area (Å²) in [6.45, 7) is 4.79. The first kappa shape index (κ1) is 14.7. The first-order chi connectivity index (χ1) is 9.40.